The molecule has 0 saturated heterocycles. The number of aryl methyl sites for hydroxylation is 2. The SMILES string of the molecule is Cc1ccc(CCCC(=O)Nc2nc(-c3ccccc3OCCN(C)C)cs2)cc1. The van der Waals surface area contributed by atoms with Crippen LogP contribution in [0.4, 0.5) is 5.13 Å². The van der Waals surface area contributed by atoms with Gasteiger partial charge in [-0.05, 0) is 51.6 Å². The van der Waals surface area contributed by atoms with Gasteiger partial charge >= 0.3 is 0 Å². The van der Waals surface area contributed by atoms with E-state index in [1.54, 1.807) is 0 Å². The first-order chi connectivity index (χ1) is 14.5. The molecule has 0 aliphatic carbocycles. The summed E-state index contributed by atoms with van der Waals surface area (Å²) in [4.78, 5) is 19.0. The van der Waals surface area contributed by atoms with Gasteiger partial charge in [0.25, 0.3) is 0 Å². The summed E-state index contributed by atoms with van der Waals surface area (Å²) in [5.74, 6) is 0.805. The first-order valence-electron chi connectivity index (χ1n) is 10.2. The highest BCUT2D eigenvalue weighted by Crippen LogP contribution is 2.32. The molecule has 0 unspecified atom stereocenters. The molecular formula is C24H29N3O2S. The van der Waals surface area contributed by atoms with Crippen molar-refractivity contribution in [3.8, 4) is 17.0 Å². The Morgan fingerprint density at radius 3 is 2.67 bits per heavy atom. The minimum absolute atomic E-state index is 0.00136. The van der Waals surface area contributed by atoms with Gasteiger partial charge in [0.05, 0.1) is 5.69 Å². The van der Waals surface area contributed by atoms with Gasteiger partial charge in [-0.25, -0.2) is 4.98 Å². The number of carbonyl (C=O) groups excluding carboxylic acids is 1. The quantitative estimate of drug-likeness (QED) is 0.497. The molecule has 1 N–H and O–H groups in total. The van der Waals surface area contributed by atoms with E-state index in [1.807, 2.05) is 43.7 Å². The lowest BCUT2D eigenvalue weighted by atomic mass is 10.1. The van der Waals surface area contributed by atoms with Crippen LogP contribution in [0.25, 0.3) is 11.3 Å². The number of hydrogen-bond donors (Lipinski definition) is 1. The summed E-state index contributed by atoms with van der Waals surface area (Å²) in [7, 11) is 4.04. The lowest BCUT2D eigenvalue weighted by molar-refractivity contribution is -0.116. The zero-order valence-corrected chi connectivity index (χ0v) is 18.7. The summed E-state index contributed by atoms with van der Waals surface area (Å²) in [5.41, 5.74) is 4.26. The maximum absolute atomic E-state index is 12.3. The van der Waals surface area contributed by atoms with Crippen LogP contribution in [-0.4, -0.2) is 43.0 Å². The topological polar surface area (TPSA) is 54.5 Å². The minimum atomic E-state index is -0.00136. The van der Waals surface area contributed by atoms with E-state index in [0.29, 0.717) is 18.2 Å². The molecule has 1 amide bonds. The van der Waals surface area contributed by atoms with Crippen LogP contribution in [0.3, 0.4) is 0 Å². The molecule has 0 fully saturated rings. The van der Waals surface area contributed by atoms with Crippen molar-refractivity contribution >= 4 is 22.4 Å². The Balaban J connectivity index is 1.53. The van der Waals surface area contributed by atoms with E-state index in [0.717, 1.165) is 36.4 Å². The van der Waals surface area contributed by atoms with E-state index in [-0.39, 0.29) is 5.91 Å². The molecule has 5 nitrogen and oxygen atoms in total. The predicted octanol–water partition coefficient (Wildman–Crippen LogP) is 5.02. The molecule has 158 valence electrons. The van der Waals surface area contributed by atoms with Gasteiger partial charge in [0, 0.05) is 23.9 Å². The van der Waals surface area contributed by atoms with Gasteiger partial charge in [0.2, 0.25) is 5.91 Å². The smallest absolute Gasteiger partial charge is 0.226 e. The number of hydrogen-bond acceptors (Lipinski definition) is 5. The second-order valence-corrected chi connectivity index (χ2v) is 8.43. The molecule has 2 aromatic carbocycles. The largest absolute Gasteiger partial charge is 0.492 e. The van der Waals surface area contributed by atoms with E-state index < -0.39 is 0 Å². The summed E-state index contributed by atoms with van der Waals surface area (Å²) >= 11 is 1.43. The van der Waals surface area contributed by atoms with Crippen LogP contribution in [0.15, 0.2) is 53.9 Å². The highest BCUT2D eigenvalue weighted by atomic mass is 32.1. The maximum Gasteiger partial charge on any atom is 0.226 e. The molecule has 0 saturated carbocycles. The number of carbonyl (C=O) groups is 1. The first-order valence-corrected chi connectivity index (χ1v) is 11.1. The van der Waals surface area contributed by atoms with E-state index in [4.69, 9.17) is 4.74 Å². The number of ether oxygens (including phenoxy) is 1. The van der Waals surface area contributed by atoms with Crippen LogP contribution in [0, 0.1) is 6.92 Å². The van der Waals surface area contributed by atoms with Gasteiger partial charge in [-0.15, -0.1) is 11.3 Å². The molecule has 3 aromatic rings. The van der Waals surface area contributed by atoms with E-state index in [2.05, 4.69) is 46.4 Å². The number of likely N-dealkylation sites (N-methyl/N-ethyl adjacent to an activating group) is 1. The van der Waals surface area contributed by atoms with E-state index in [9.17, 15) is 4.79 Å². The molecule has 0 aliphatic heterocycles. The Morgan fingerprint density at radius 1 is 1.13 bits per heavy atom. The Labute approximate surface area is 182 Å². The van der Waals surface area contributed by atoms with Crippen LogP contribution in [0.1, 0.15) is 24.0 Å². The lowest BCUT2D eigenvalue weighted by Gasteiger charge is -2.13. The first kappa shape index (κ1) is 22.0. The maximum atomic E-state index is 12.3. The second-order valence-electron chi connectivity index (χ2n) is 7.57. The van der Waals surface area contributed by atoms with Crippen molar-refractivity contribution in [2.24, 2.45) is 0 Å². The van der Waals surface area contributed by atoms with Crippen molar-refractivity contribution in [2.75, 3.05) is 32.6 Å². The highest BCUT2D eigenvalue weighted by Gasteiger charge is 2.12. The molecular weight excluding hydrogens is 394 g/mol. The van der Waals surface area contributed by atoms with Crippen molar-refractivity contribution in [2.45, 2.75) is 26.2 Å². The normalized spacial score (nSPS) is 10.9. The standard InChI is InChI=1S/C24H29N3O2S/c1-18-11-13-19(14-12-18)7-6-10-23(28)26-24-25-21(17-30-24)20-8-4-5-9-22(20)29-16-15-27(2)3/h4-5,8-9,11-14,17H,6-7,10,15-16H2,1-3H3,(H,25,26,28). The molecule has 6 heteroatoms. The molecule has 30 heavy (non-hydrogen) atoms. The van der Waals surface area contributed by atoms with Crippen molar-refractivity contribution in [3.05, 3.63) is 65.0 Å². The number of para-hydroxylation sites is 1. The van der Waals surface area contributed by atoms with Crippen LogP contribution >= 0.6 is 11.3 Å². The molecule has 3 rings (SSSR count). The number of rotatable bonds is 10. The van der Waals surface area contributed by atoms with Crippen LogP contribution < -0.4 is 10.1 Å². The fraction of sp³-hybridized carbons (Fsp3) is 0.333. The molecule has 0 aliphatic rings. The lowest BCUT2D eigenvalue weighted by Crippen LogP contribution is -2.19. The number of amides is 1. The highest BCUT2D eigenvalue weighted by molar-refractivity contribution is 7.14. The molecule has 0 spiro atoms. The van der Waals surface area contributed by atoms with E-state index in [1.165, 1.54) is 22.5 Å². The monoisotopic (exact) mass is 423 g/mol. The van der Waals surface area contributed by atoms with Gasteiger partial charge in [0.1, 0.15) is 12.4 Å². The average molecular weight is 424 g/mol. The van der Waals surface area contributed by atoms with Gasteiger partial charge in [-0.2, -0.15) is 0 Å². The molecule has 1 aromatic heterocycles. The average Bonchev–Trinajstić information content (AvgIpc) is 3.18. The fourth-order valence-corrected chi connectivity index (χ4v) is 3.71. The minimum Gasteiger partial charge on any atom is -0.492 e. The van der Waals surface area contributed by atoms with Crippen molar-refractivity contribution in [1.29, 1.82) is 0 Å². The Hall–Kier alpha value is -2.70. The number of anilines is 1. The predicted molar refractivity (Wildman–Crippen MR) is 124 cm³/mol. The zero-order valence-electron chi connectivity index (χ0n) is 17.9. The molecule has 0 atom stereocenters. The number of nitrogens with one attached hydrogen (secondary N) is 1. The third kappa shape index (κ3) is 6.68. The summed E-state index contributed by atoms with van der Waals surface area (Å²) in [6.07, 6.45) is 2.19. The zero-order chi connectivity index (χ0) is 21.3. The summed E-state index contributed by atoms with van der Waals surface area (Å²) in [6, 6.07) is 16.3. The van der Waals surface area contributed by atoms with Crippen LogP contribution in [0.5, 0.6) is 5.75 Å². The summed E-state index contributed by atoms with van der Waals surface area (Å²) in [6.45, 7) is 3.53. The van der Waals surface area contributed by atoms with Crippen LogP contribution in [-0.2, 0) is 11.2 Å². The summed E-state index contributed by atoms with van der Waals surface area (Å²) < 4.78 is 5.93. The van der Waals surface area contributed by atoms with Crippen molar-refractivity contribution in [1.82, 2.24) is 9.88 Å². The second kappa shape index (κ2) is 10.9. The Bertz CT molecular complexity index is 951. The third-order valence-corrected chi connectivity index (χ3v) is 5.46. The summed E-state index contributed by atoms with van der Waals surface area (Å²) in [5, 5.41) is 5.50. The molecule has 0 radical (unpaired) electrons. The van der Waals surface area contributed by atoms with E-state index >= 15 is 0 Å². The Kier molecular flexibility index (Phi) is 7.99. The molecule has 0 bridgehead atoms. The number of thiazole rings is 1. The fourth-order valence-electron chi connectivity index (χ4n) is 2.99. The van der Waals surface area contributed by atoms with Gasteiger partial charge in [-0.3, -0.25) is 4.79 Å². The molecule has 1 heterocycles. The van der Waals surface area contributed by atoms with Gasteiger partial charge in [-0.1, -0.05) is 42.0 Å². The van der Waals surface area contributed by atoms with Gasteiger partial charge < -0.3 is 15.0 Å². The van der Waals surface area contributed by atoms with Gasteiger partial charge in [0.15, 0.2) is 5.13 Å². The van der Waals surface area contributed by atoms with Crippen molar-refractivity contribution < 1.29 is 9.53 Å². The Morgan fingerprint density at radius 2 is 1.90 bits per heavy atom. The number of benzene rings is 2. The number of aromatic nitrogens is 1. The van der Waals surface area contributed by atoms with Crippen molar-refractivity contribution in [3.63, 3.8) is 0 Å². The third-order valence-electron chi connectivity index (χ3n) is 4.70. The van der Waals surface area contributed by atoms with Crippen LogP contribution in [0.2, 0.25) is 0 Å². The number of nitrogens with zero attached hydrogens (tertiary/aromatic N) is 2.